The second kappa shape index (κ2) is 15.4. The molecule has 1 saturated heterocycles. The van der Waals surface area contributed by atoms with Gasteiger partial charge in [0.2, 0.25) is 0 Å². The molecule has 54 heavy (non-hydrogen) atoms. The molecule has 0 N–H and O–H groups in total. The number of rotatable bonds is 13. The van der Waals surface area contributed by atoms with Crippen LogP contribution in [-0.4, -0.2) is 86.8 Å². The van der Waals surface area contributed by atoms with Crippen molar-refractivity contribution in [3.63, 3.8) is 0 Å². The summed E-state index contributed by atoms with van der Waals surface area (Å²) in [5.74, 6) is -0.143. The predicted octanol–water partition coefficient (Wildman–Crippen LogP) is 9.27. The standard InChI is InChI=1S/C38H62N6O7Si3/c1-17-22-42(34(45)26-18-20-27(21-19-26)44(46)47)32-29-33(40-24-39-32)43(25-41-29)35-31(51-54(15,16)38(8,9)10)30(50-53(13,14)37(5,6)7)28(49-35)23-48-52(11,12)36(2,3)4/h17-21,24-25,28,30-31,35H,1,22-23H2,2-16H3/t28-,30-,31-,35-/m1/s1. The Kier molecular flexibility index (Phi) is 12.5. The number of aromatic nitrogens is 4. The van der Waals surface area contributed by atoms with E-state index in [2.05, 4.69) is 118 Å². The Morgan fingerprint density at radius 3 is 1.93 bits per heavy atom. The summed E-state index contributed by atoms with van der Waals surface area (Å²) >= 11 is 0. The molecule has 1 aliphatic heterocycles. The second-order valence-corrected chi connectivity index (χ2v) is 33.2. The number of carbonyl (C=O) groups excluding carboxylic acids is 1. The van der Waals surface area contributed by atoms with Crippen LogP contribution in [-0.2, 0) is 18.0 Å². The van der Waals surface area contributed by atoms with Crippen LogP contribution < -0.4 is 4.90 Å². The van der Waals surface area contributed by atoms with E-state index in [4.69, 9.17) is 23.0 Å². The Morgan fingerprint density at radius 2 is 1.43 bits per heavy atom. The minimum absolute atomic E-state index is 0.00504. The maximum Gasteiger partial charge on any atom is 0.269 e. The van der Waals surface area contributed by atoms with E-state index in [1.165, 1.54) is 35.5 Å². The zero-order chi connectivity index (χ0) is 40.8. The summed E-state index contributed by atoms with van der Waals surface area (Å²) in [6.45, 7) is 37.8. The smallest absolute Gasteiger partial charge is 0.269 e. The number of anilines is 1. The van der Waals surface area contributed by atoms with Gasteiger partial charge in [0.05, 0.1) is 17.9 Å². The predicted molar refractivity (Wildman–Crippen MR) is 221 cm³/mol. The van der Waals surface area contributed by atoms with E-state index < -0.39 is 60.3 Å². The van der Waals surface area contributed by atoms with Crippen LogP contribution in [0.1, 0.15) is 78.9 Å². The van der Waals surface area contributed by atoms with Crippen molar-refractivity contribution in [2.75, 3.05) is 18.1 Å². The highest BCUT2D eigenvalue weighted by Crippen LogP contribution is 2.47. The molecule has 2 aromatic heterocycles. The van der Waals surface area contributed by atoms with E-state index in [9.17, 15) is 14.9 Å². The van der Waals surface area contributed by atoms with Gasteiger partial charge in [-0.2, -0.15) is 0 Å². The van der Waals surface area contributed by atoms with Crippen LogP contribution in [0, 0.1) is 10.1 Å². The number of hydrogen-bond acceptors (Lipinski definition) is 10. The third-order valence-corrected chi connectivity index (χ3v) is 25.4. The Balaban J connectivity index is 1.87. The van der Waals surface area contributed by atoms with Crippen molar-refractivity contribution >= 4 is 53.5 Å². The molecular weight excluding hydrogens is 737 g/mol. The number of fused-ring (bicyclic) bond motifs is 1. The molecule has 0 unspecified atom stereocenters. The van der Waals surface area contributed by atoms with Crippen LogP contribution in [0.2, 0.25) is 54.4 Å². The largest absolute Gasteiger partial charge is 0.414 e. The van der Waals surface area contributed by atoms with Gasteiger partial charge in [-0.05, 0) is 66.5 Å². The van der Waals surface area contributed by atoms with Gasteiger partial charge in [0.1, 0.15) is 24.6 Å². The minimum Gasteiger partial charge on any atom is -0.414 e. The van der Waals surface area contributed by atoms with Gasteiger partial charge in [0.15, 0.2) is 48.2 Å². The summed E-state index contributed by atoms with van der Waals surface area (Å²) in [6, 6.07) is 5.46. The molecule has 298 valence electrons. The lowest BCUT2D eigenvalue weighted by atomic mass is 10.1. The number of benzene rings is 1. The maximum atomic E-state index is 13.9. The van der Waals surface area contributed by atoms with Gasteiger partial charge in [-0.3, -0.25) is 24.4 Å². The van der Waals surface area contributed by atoms with Crippen LogP contribution >= 0.6 is 0 Å². The quantitative estimate of drug-likeness (QED) is 0.0710. The van der Waals surface area contributed by atoms with E-state index in [0.29, 0.717) is 17.8 Å². The van der Waals surface area contributed by atoms with E-state index in [-0.39, 0.29) is 38.7 Å². The number of nitro groups is 1. The van der Waals surface area contributed by atoms with E-state index >= 15 is 0 Å². The molecule has 4 rings (SSSR count). The van der Waals surface area contributed by atoms with Gasteiger partial charge in [0.25, 0.3) is 11.6 Å². The number of nitro benzene ring substituents is 1. The monoisotopic (exact) mass is 798 g/mol. The number of nitrogens with zero attached hydrogens (tertiary/aromatic N) is 6. The van der Waals surface area contributed by atoms with Crippen molar-refractivity contribution < 1.29 is 27.7 Å². The first kappa shape index (κ1) is 43.6. The van der Waals surface area contributed by atoms with Crippen molar-refractivity contribution in [2.45, 2.75) is 141 Å². The average molecular weight is 799 g/mol. The number of imidazole rings is 1. The van der Waals surface area contributed by atoms with E-state index in [1.807, 2.05) is 4.57 Å². The third kappa shape index (κ3) is 8.95. The summed E-state index contributed by atoms with van der Waals surface area (Å²) in [5, 5.41) is 11.1. The van der Waals surface area contributed by atoms with Gasteiger partial charge in [-0.1, -0.05) is 68.4 Å². The van der Waals surface area contributed by atoms with Gasteiger partial charge >= 0.3 is 0 Å². The summed E-state index contributed by atoms with van der Waals surface area (Å²) in [7, 11) is -6.98. The molecule has 4 atom stereocenters. The third-order valence-electron chi connectivity index (χ3n) is 11.9. The molecular formula is C38H62N6O7Si3. The average Bonchev–Trinajstić information content (AvgIpc) is 3.61. The fourth-order valence-corrected chi connectivity index (χ4v) is 8.99. The van der Waals surface area contributed by atoms with Crippen LogP contribution in [0.4, 0.5) is 11.5 Å². The van der Waals surface area contributed by atoms with Crippen molar-refractivity contribution in [1.82, 2.24) is 19.5 Å². The van der Waals surface area contributed by atoms with Crippen LogP contribution in [0.5, 0.6) is 0 Å². The molecule has 1 fully saturated rings. The fourth-order valence-electron chi connectivity index (χ4n) is 5.37. The lowest BCUT2D eigenvalue weighted by molar-refractivity contribution is -0.384. The lowest BCUT2D eigenvalue weighted by Gasteiger charge is -2.44. The first-order chi connectivity index (χ1) is 24.6. The highest BCUT2D eigenvalue weighted by atomic mass is 28.4. The van der Waals surface area contributed by atoms with Crippen molar-refractivity contribution in [3.05, 3.63) is 65.3 Å². The normalized spacial score (nSPS) is 20.4. The van der Waals surface area contributed by atoms with E-state index in [0.717, 1.165) is 0 Å². The molecule has 1 aromatic carbocycles. The molecule has 3 heterocycles. The summed E-state index contributed by atoms with van der Waals surface area (Å²) in [6.07, 6.45) is 2.53. The molecule has 1 aliphatic rings. The van der Waals surface area contributed by atoms with Crippen LogP contribution in [0.3, 0.4) is 0 Å². The van der Waals surface area contributed by atoms with Gasteiger partial charge < -0.3 is 18.0 Å². The van der Waals surface area contributed by atoms with Crippen LogP contribution in [0.25, 0.3) is 11.2 Å². The molecule has 3 aromatic rings. The summed E-state index contributed by atoms with van der Waals surface area (Å²) < 4.78 is 30.4. The number of hydrogen-bond donors (Lipinski definition) is 0. The molecule has 1 amide bonds. The van der Waals surface area contributed by atoms with Crippen molar-refractivity contribution in [1.29, 1.82) is 0 Å². The highest BCUT2D eigenvalue weighted by molar-refractivity contribution is 6.75. The lowest BCUT2D eigenvalue weighted by Crippen LogP contribution is -2.54. The summed E-state index contributed by atoms with van der Waals surface area (Å²) in [5.41, 5.74) is 0.981. The number of ether oxygens (including phenoxy) is 1. The fraction of sp³-hybridized carbons (Fsp3) is 0.632. The zero-order valence-corrected chi connectivity index (χ0v) is 38.0. The molecule has 0 aliphatic carbocycles. The Labute approximate surface area is 324 Å². The Morgan fingerprint density at radius 1 is 0.889 bits per heavy atom. The first-order valence-electron chi connectivity index (χ1n) is 18.6. The molecule has 0 bridgehead atoms. The summed E-state index contributed by atoms with van der Waals surface area (Å²) in [4.78, 5) is 40.1. The topological polar surface area (TPSA) is 144 Å². The second-order valence-electron chi connectivity index (χ2n) is 18.9. The molecule has 0 radical (unpaired) electrons. The number of carbonyl (C=O) groups is 1. The highest BCUT2D eigenvalue weighted by Gasteiger charge is 2.55. The number of amides is 1. The first-order valence-corrected chi connectivity index (χ1v) is 27.4. The molecule has 0 saturated carbocycles. The van der Waals surface area contributed by atoms with E-state index in [1.54, 1.807) is 12.4 Å². The Bertz CT molecular complexity index is 1830. The zero-order valence-electron chi connectivity index (χ0n) is 35.0. The maximum absolute atomic E-state index is 13.9. The van der Waals surface area contributed by atoms with Crippen molar-refractivity contribution in [2.24, 2.45) is 0 Å². The van der Waals surface area contributed by atoms with Crippen molar-refractivity contribution in [3.8, 4) is 0 Å². The molecule has 0 spiro atoms. The number of non-ortho nitro benzene ring substituents is 1. The van der Waals surface area contributed by atoms with Gasteiger partial charge in [0, 0.05) is 24.2 Å². The molecule has 13 nitrogen and oxygen atoms in total. The van der Waals surface area contributed by atoms with Crippen LogP contribution in [0.15, 0.2) is 49.6 Å². The van der Waals surface area contributed by atoms with Gasteiger partial charge in [-0.15, -0.1) is 6.58 Å². The minimum atomic E-state index is -2.43. The SMILES string of the molecule is C=CCN(C(=O)c1ccc([N+](=O)[O-])cc1)c1ncnc2c1ncn2[C@@H]1O[C@H](CO[Si](C)(C)C(C)(C)C)[C@@H](O[Si](C)(C)C(C)(C)C)[C@H]1O[Si](C)(C)C(C)(C)C. The Hall–Kier alpha value is -3.13. The van der Waals surface area contributed by atoms with Gasteiger partial charge in [-0.25, -0.2) is 15.0 Å². The molecule has 16 heteroatoms.